The van der Waals surface area contributed by atoms with Gasteiger partial charge in [0.05, 0.1) is 6.54 Å². The van der Waals surface area contributed by atoms with Crippen LogP contribution in [0.5, 0.6) is 0 Å². The van der Waals surface area contributed by atoms with Crippen molar-refractivity contribution < 1.29 is 9.18 Å². The van der Waals surface area contributed by atoms with Gasteiger partial charge in [0.15, 0.2) is 5.78 Å². The second-order valence-corrected chi connectivity index (χ2v) is 4.54. The number of nitriles is 1. The summed E-state index contributed by atoms with van der Waals surface area (Å²) in [5, 5.41) is 8.93. The first-order valence-corrected chi connectivity index (χ1v) is 6.51. The van der Waals surface area contributed by atoms with Gasteiger partial charge in [-0.15, -0.1) is 0 Å². The summed E-state index contributed by atoms with van der Waals surface area (Å²) in [5.41, 5.74) is -1.51. The Kier molecular flexibility index (Phi) is 4.32. The van der Waals surface area contributed by atoms with E-state index in [1.807, 2.05) is 0 Å². The number of Topliss-reactive ketones (excluding diaryl/α,β-unsaturated/α-hetero) is 1. The van der Waals surface area contributed by atoms with Crippen LogP contribution in [-0.2, 0) is 13.1 Å². The molecule has 22 heavy (non-hydrogen) atoms. The van der Waals surface area contributed by atoms with Crippen LogP contribution in [0, 0.1) is 17.1 Å². The molecule has 112 valence electrons. The summed E-state index contributed by atoms with van der Waals surface area (Å²) in [5.74, 6) is -1.01. The Hall–Kier alpha value is -3.01. The van der Waals surface area contributed by atoms with Gasteiger partial charge in [-0.3, -0.25) is 18.7 Å². The fourth-order valence-corrected chi connectivity index (χ4v) is 1.97. The molecule has 0 aliphatic carbocycles. The highest BCUT2D eigenvalue weighted by Gasteiger charge is 2.15. The van der Waals surface area contributed by atoms with Gasteiger partial charge in [0.25, 0.3) is 5.56 Å². The Labute approximate surface area is 124 Å². The van der Waals surface area contributed by atoms with Crippen LogP contribution in [-0.4, -0.2) is 14.9 Å². The van der Waals surface area contributed by atoms with E-state index in [0.29, 0.717) is 4.57 Å². The van der Waals surface area contributed by atoms with Crippen molar-refractivity contribution in [2.45, 2.75) is 20.0 Å². The highest BCUT2D eigenvalue weighted by atomic mass is 19.1. The van der Waals surface area contributed by atoms with Gasteiger partial charge >= 0.3 is 5.69 Å². The number of nitrogens with zero attached hydrogens (tertiary/aromatic N) is 3. The second kappa shape index (κ2) is 6.18. The minimum Gasteiger partial charge on any atom is -0.299 e. The molecule has 1 aromatic heterocycles. The van der Waals surface area contributed by atoms with E-state index >= 15 is 0 Å². The first-order valence-electron chi connectivity index (χ1n) is 6.51. The molecule has 1 heterocycles. The number of carbonyl (C=O) groups excluding carboxylic acids is 1. The van der Waals surface area contributed by atoms with Crippen molar-refractivity contribution in [3.05, 3.63) is 68.2 Å². The van der Waals surface area contributed by atoms with Crippen LogP contribution in [0.4, 0.5) is 4.39 Å². The molecule has 0 saturated carbocycles. The molecule has 2 rings (SSSR count). The molecule has 0 unspecified atom stereocenters. The van der Waals surface area contributed by atoms with Gasteiger partial charge in [-0.1, -0.05) is 0 Å². The number of ketones is 1. The van der Waals surface area contributed by atoms with E-state index in [-0.39, 0.29) is 17.7 Å². The van der Waals surface area contributed by atoms with Crippen molar-refractivity contribution in [2.24, 2.45) is 0 Å². The Balaban J connectivity index is 2.47. The summed E-state index contributed by atoms with van der Waals surface area (Å²) in [6, 6.07) is 6.48. The van der Waals surface area contributed by atoms with Gasteiger partial charge in [0, 0.05) is 18.3 Å². The van der Waals surface area contributed by atoms with Crippen LogP contribution < -0.4 is 11.2 Å². The molecular formula is C15H12FN3O3. The van der Waals surface area contributed by atoms with Crippen LogP contribution in [0.1, 0.15) is 22.8 Å². The summed E-state index contributed by atoms with van der Waals surface area (Å²) < 4.78 is 14.7. The Morgan fingerprint density at radius 3 is 2.45 bits per heavy atom. The molecule has 2 aromatic rings. The van der Waals surface area contributed by atoms with Crippen LogP contribution in [0.2, 0.25) is 0 Å². The largest absolute Gasteiger partial charge is 0.331 e. The van der Waals surface area contributed by atoms with Crippen molar-refractivity contribution in [2.75, 3.05) is 0 Å². The van der Waals surface area contributed by atoms with Gasteiger partial charge in [-0.05, 0) is 31.2 Å². The van der Waals surface area contributed by atoms with Crippen molar-refractivity contribution >= 4 is 5.78 Å². The van der Waals surface area contributed by atoms with Crippen LogP contribution >= 0.6 is 0 Å². The third-order valence-electron chi connectivity index (χ3n) is 3.17. The first-order chi connectivity index (χ1) is 10.5. The molecule has 1 aromatic carbocycles. The number of benzene rings is 1. The van der Waals surface area contributed by atoms with E-state index in [1.54, 1.807) is 13.0 Å². The van der Waals surface area contributed by atoms with Crippen LogP contribution in [0.15, 0.2) is 40.1 Å². The van der Waals surface area contributed by atoms with Gasteiger partial charge in [-0.25, -0.2) is 9.18 Å². The van der Waals surface area contributed by atoms with Crippen LogP contribution in [0.25, 0.3) is 0 Å². The Morgan fingerprint density at radius 2 is 1.91 bits per heavy atom. The zero-order chi connectivity index (χ0) is 16.3. The number of aryl methyl sites for hydroxylation is 1. The Bertz CT molecular complexity index is 873. The lowest BCUT2D eigenvalue weighted by Gasteiger charge is -2.09. The summed E-state index contributed by atoms with van der Waals surface area (Å²) in [4.78, 5) is 36.3. The Morgan fingerprint density at radius 1 is 1.27 bits per heavy atom. The van der Waals surface area contributed by atoms with E-state index in [9.17, 15) is 18.8 Å². The van der Waals surface area contributed by atoms with Crippen LogP contribution in [0.3, 0.4) is 0 Å². The van der Waals surface area contributed by atoms with E-state index in [4.69, 9.17) is 5.26 Å². The second-order valence-electron chi connectivity index (χ2n) is 4.54. The average Bonchev–Trinajstić information content (AvgIpc) is 2.52. The number of aromatic nitrogens is 2. The fraction of sp³-hybridized carbons (Fsp3) is 0.200. The number of hydrogen-bond donors (Lipinski definition) is 0. The highest BCUT2D eigenvalue weighted by molar-refractivity contribution is 5.95. The molecule has 7 heteroatoms. The van der Waals surface area contributed by atoms with Gasteiger partial charge in [0.1, 0.15) is 17.4 Å². The van der Waals surface area contributed by atoms with Gasteiger partial charge < -0.3 is 0 Å². The van der Waals surface area contributed by atoms with E-state index in [1.165, 1.54) is 22.9 Å². The number of hydrogen-bond acceptors (Lipinski definition) is 4. The predicted molar refractivity (Wildman–Crippen MR) is 76.1 cm³/mol. The maximum absolute atomic E-state index is 12.8. The monoisotopic (exact) mass is 301 g/mol. The highest BCUT2D eigenvalue weighted by Crippen LogP contribution is 2.04. The molecule has 0 aliphatic rings. The molecule has 6 nitrogen and oxygen atoms in total. The smallest absolute Gasteiger partial charge is 0.299 e. The molecule has 0 saturated heterocycles. The lowest BCUT2D eigenvalue weighted by atomic mass is 10.1. The molecule has 0 spiro atoms. The zero-order valence-corrected chi connectivity index (χ0v) is 11.7. The predicted octanol–water partition coefficient (Wildman–Crippen LogP) is 0.924. The lowest BCUT2D eigenvalue weighted by Crippen LogP contribution is -2.42. The SMILES string of the molecule is CCn1cc(C#N)c(=O)n(CC(=O)c2ccc(F)cc2)c1=O. The third-order valence-corrected chi connectivity index (χ3v) is 3.17. The molecule has 0 atom stereocenters. The summed E-state index contributed by atoms with van der Waals surface area (Å²) >= 11 is 0. The van der Waals surface area contributed by atoms with Crippen molar-refractivity contribution in [1.29, 1.82) is 5.26 Å². The van der Waals surface area contributed by atoms with E-state index in [2.05, 4.69) is 0 Å². The van der Waals surface area contributed by atoms with E-state index in [0.717, 1.165) is 12.1 Å². The number of carbonyl (C=O) groups is 1. The van der Waals surface area contributed by atoms with Crippen molar-refractivity contribution in [3.8, 4) is 6.07 Å². The first kappa shape index (κ1) is 15.4. The fourth-order valence-electron chi connectivity index (χ4n) is 1.97. The minimum atomic E-state index is -0.812. The zero-order valence-electron chi connectivity index (χ0n) is 11.7. The maximum atomic E-state index is 12.8. The summed E-state index contributed by atoms with van der Waals surface area (Å²) in [6.07, 6.45) is 1.17. The molecular weight excluding hydrogens is 289 g/mol. The molecule has 0 fully saturated rings. The maximum Gasteiger partial charge on any atom is 0.331 e. The van der Waals surface area contributed by atoms with Gasteiger partial charge in [-0.2, -0.15) is 5.26 Å². The molecule has 0 radical (unpaired) electrons. The molecule has 0 bridgehead atoms. The van der Waals surface area contributed by atoms with Crippen molar-refractivity contribution in [3.63, 3.8) is 0 Å². The normalized spacial score (nSPS) is 10.2. The topological polar surface area (TPSA) is 84.9 Å². The van der Waals surface area contributed by atoms with Gasteiger partial charge in [0.2, 0.25) is 0 Å². The average molecular weight is 301 g/mol. The molecule has 0 aliphatic heterocycles. The lowest BCUT2D eigenvalue weighted by molar-refractivity contribution is 0.0968. The molecule has 0 N–H and O–H groups in total. The summed E-state index contributed by atoms with van der Waals surface area (Å²) in [6.45, 7) is 1.44. The van der Waals surface area contributed by atoms with Crippen molar-refractivity contribution in [1.82, 2.24) is 9.13 Å². The van der Waals surface area contributed by atoms with E-state index < -0.39 is 29.4 Å². The third kappa shape index (κ3) is 2.86. The number of rotatable bonds is 4. The quantitative estimate of drug-likeness (QED) is 0.786. The summed E-state index contributed by atoms with van der Waals surface area (Å²) in [7, 11) is 0. The number of halogens is 1. The standard InChI is InChI=1S/C15H12FN3O3/c1-2-18-8-11(7-17)14(21)19(15(18)22)9-13(20)10-3-5-12(16)6-4-10/h3-6,8H,2,9H2,1H3. The molecule has 0 amide bonds. The minimum absolute atomic E-state index is 0.179.